The summed E-state index contributed by atoms with van der Waals surface area (Å²) in [6, 6.07) is 0. The topological polar surface area (TPSA) is 77.4 Å². The predicted molar refractivity (Wildman–Crippen MR) is 114 cm³/mol. The molecule has 0 aromatic carbocycles. The average Bonchev–Trinajstić information content (AvgIpc) is 2.61. The first-order valence-electron chi connectivity index (χ1n) is 11.6. The van der Waals surface area contributed by atoms with Crippen molar-refractivity contribution >= 4 is 10.1 Å². The van der Waals surface area contributed by atoms with Crippen LogP contribution in [0, 0.1) is 0 Å². The van der Waals surface area contributed by atoms with Crippen LogP contribution in [0.4, 0.5) is 0 Å². The molecule has 28 heavy (non-hydrogen) atoms. The van der Waals surface area contributed by atoms with Crippen LogP contribution < -0.4 is 29.6 Å². The zero-order chi connectivity index (χ0) is 20.2. The summed E-state index contributed by atoms with van der Waals surface area (Å²) in [4.78, 5) is 0. The van der Waals surface area contributed by atoms with Crippen molar-refractivity contribution in [2.45, 2.75) is 135 Å². The van der Waals surface area contributed by atoms with Crippen molar-refractivity contribution in [3.8, 4) is 0 Å². The van der Waals surface area contributed by atoms with Crippen LogP contribution in [0.25, 0.3) is 0 Å². The van der Waals surface area contributed by atoms with Crippen LogP contribution in [0.3, 0.4) is 0 Å². The summed E-state index contributed by atoms with van der Waals surface area (Å²) >= 11 is 0. The van der Waals surface area contributed by atoms with Gasteiger partial charge in [-0.1, -0.05) is 110 Å². The van der Waals surface area contributed by atoms with Gasteiger partial charge in [0.25, 0.3) is 0 Å². The van der Waals surface area contributed by atoms with Crippen molar-refractivity contribution in [1.29, 1.82) is 0 Å². The van der Waals surface area contributed by atoms with Gasteiger partial charge in [-0.2, -0.15) is 0 Å². The molecule has 0 aromatic rings. The number of hydrogen-bond acceptors (Lipinski definition) is 4. The fraction of sp³-hybridized carbons (Fsp3) is 1.00. The third-order valence-corrected chi connectivity index (χ3v) is 6.11. The molecule has 1 atom stereocenters. The third kappa shape index (κ3) is 26.9. The van der Waals surface area contributed by atoms with E-state index in [-0.39, 0.29) is 41.4 Å². The molecule has 0 aliphatic rings. The van der Waals surface area contributed by atoms with Gasteiger partial charge >= 0.3 is 29.6 Å². The van der Waals surface area contributed by atoms with Crippen molar-refractivity contribution in [3.05, 3.63) is 0 Å². The minimum absolute atomic E-state index is 0. The first-order valence-corrected chi connectivity index (χ1v) is 13.1. The summed E-state index contributed by atoms with van der Waals surface area (Å²) in [5.74, 6) is -0.211. The van der Waals surface area contributed by atoms with Crippen LogP contribution in [0.1, 0.15) is 129 Å². The Morgan fingerprint density at radius 3 is 1.32 bits per heavy atom. The Balaban J connectivity index is 0. The minimum atomic E-state index is -4.02. The molecule has 164 valence electrons. The smallest absolute Gasteiger partial charge is 0.748 e. The quantitative estimate of drug-likeness (QED) is 0.173. The predicted octanol–water partition coefficient (Wildman–Crippen LogP) is 3.33. The second kappa shape index (κ2) is 22.6. The van der Waals surface area contributed by atoms with Crippen molar-refractivity contribution < 1.29 is 47.6 Å². The van der Waals surface area contributed by atoms with Gasteiger partial charge < -0.3 is 9.66 Å². The maximum Gasteiger partial charge on any atom is 1.00 e. The minimum Gasteiger partial charge on any atom is -0.748 e. The molecule has 6 heteroatoms. The summed E-state index contributed by atoms with van der Waals surface area (Å²) in [6.07, 6.45) is 21.8. The molecule has 0 aliphatic heterocycles. The van der Waals surface area contributed by atoms with Gasteiger partial charge in [-0.25, -0.2) is 8.42 Å². The largest absolute Gasteiger partial charge is 1.00 e. The van der Waals surface area contributed by atoms with Crippen molar-refractivity contribution in [1.82, 2.24) is 0 Å². The molecule has 4 nitrogen and oxygen atoms in total. The Morgan fingerprint density at radius 1 is 0.643 bits per heavy atom. The molecule has 0 radical (unpaired) electrons. The molecule has 1 unspecified atom stereocenters. The van der Waals surface area contributed by atoms with Crippen LogP contribution in [0.2, 0.25) is 0 Å². The number of hydrogen-bond donors (Lipinski definition) is 1. The SMILES string of the molecule is CCCCCCCCCC(O)CCCCCCCCCCCCS(=O)(=O)[O-].[Na+]. The van der Waals surface area contributed by atoms with Gasteiger partial charge in [0.05, 0.1) is 16.2 Å². The van der Waals surface area contributed by atoms with Gasteiger partial charge in [0.15, 0.2) is 0 Å². The van der Waals surface area contributed by atoms with E-state index in [9.17, 15) is 18.1 Å². The van der Waals surface area contributed by atoms with Gasteiger partial charge in [0.1, 0.15) is 0 Å². The fourth-order valence-corrected chi connectivity index (χ4v) is 4.11. The molecule has 0 saturated heterocycles. The Morgan fingerprint density at radius 2 is 0.964 bits per heavy atom. The van der Waals surface area contributed by atoms with Crippen molar-refractivity contribution in [3.63, 3.8) is 0 Å². The van der Waals surface area contributed by atoms with Crippen LogP contribution in [0.15, 0.2) is 0 Å². The molecule has 0 spiro atoms. The Bertz CT molecular complexity index is 401. The molecule has 0 saturated carbocycles. The summed E-state index contributed by atoms with van der Waals surface area (Å²) in [5.41, 5.74) is 0. The van der Waals surface area contributed by atoms with E-state index in [2.05, 4.69) is 6.92 Å². The van der Waals surface area contributed by atoms with Crippen LogP contribution in [-0.4, -0.2) is 29.9 Å². The van der Waals surface area contributed by atoms with E-state index in [1.807, 2.05) is 0 Å². The molecule has 0 aromatic heterocycles. The van der Waals surface area contributed by atoms with Crippen LogP contribution >= 0.6 is 0 Å². The van der Waals surface area contributed by atoms with Crippen LogP contribution in [0.5, 0.6) is 0 Å². The normalized spacial score (nSPS) is 12.7. The summed E-state index contributed by atoms with van der Waals surface area (Å²) in [6.45, 7) is 2.24. The number of rotatable bonds is 21. The average molecular weight is 429 g/mol. The van der Waals surface area contributed by atoms with Gasteiger partial charge in [0, 0.05) is 5.75 Å². The summed E-state index contributed by atoms with van der Waals surface area (Å²) in [7, 11) is -4.02. The number of unbranched alkanes of at least 4 members (excludes halogenated alkanes) is 15. The molecule has 0 amide bonds. The van der Waals surface area contributed by atoms with Gasteiger partial charge in [0.2, 0.25) is 0 Å². The van der Waals surface area contributed by atoms with E-state index in [0.29, 0.717) is 6.42 Å². The zero-order valence-corrected chi connectivity index (χ0v) is 21.6. The second-order valence-corrected chi connectivity index (χ2v) is 9.67. The molecule has 0 fully saturated rings. The van der Waals surface area contributed by atoms with E-state index in [0.717, 1.165) is 38.5 Å². The van der Waals surface area contributed by atoms with Gasteiger partial charge in [-0.05, 0) is 19.3 Å². The van der Waals surface area contributed by atoms with Crippen molar-refractivity contribution in [2.75, 3.05) is 5.75 Å². The molecule has 0 rings (SSSR count). The monoisotopic (exact) mass is 428 g/mol. The second-order valence-electron chi connectivity index (χ2n) is 8.15. The first-order chi connectivity index (χ1) is 13.0. The maximum absolute atomic E-state index is 10.5. The third-order valence-electron chi connectivity index (χ3n) is 5.32. The molecule has 0 bridgehead atoms. The molecular weight excluding hydrogens is 383 g/mol. The summed E-state index contributed by atoms with van der Waals surface area (Å²) < 4.78 is 31.4. The summed E-state index contributed by atoms with van der Waals surface area (Å²) in [5, 5.41) is 10.0. The van der Waals surface area contributed by atoms with E-state index in [1.165, 1.54) is 77.0 Å². The van der Waals surface area contributed by atoms with Crippen LogP contribution in [-0.2, 0) is 10.1 Å². The molecular formula is C22H45NaO4S. The zero-order valence-electron chi connectivity index (χ0n) is 18.8. The fourth-order valence-electron chi connectivity index (χ4n) is 3.55. The Hall–Kier alpha value is 0.870. The van der Waals surface area contributed by atoms with E-state index in [1.54, 1.807) is 0 Å². The Kier molecular flexibility index (Phi) is 25.0. The number of aliphatic hydroxyl groups is 1. The molecule has 1 N–H and O–H groups in total. The Labute approximate surface area is 197 Å². The van der Waals surface area contributed by atoms with E-state index >= 15 is 0 Å². The standard InChI is InChI=1S/C22H46O4S.Na/c1-2-3-4-5-10-13-16-19-22(23)20-17-14-11-8-6-7-9-12-15-18-21-27(24,25)26;/h22-23H,2-21H2,1H3,(H,24,25,26);/q;+1/p-1. The van der Waals surface area contributed by atoms with Crippen molar-refractivity contribution in [2.24, 2.45) is 0 Å². The van der Waals surface area contributed by atoms with E-state index in [4.69, 9.17) is 0 Å². The molecule has 0 aliphatic carbocycles. The van der Waals surface area contributed by atoms with E-state index < -0.39 is 10.1 Å². The van der Waals surface area contributed by atoms with Gasteiger partial charge in [-0.15, -0.1) is 0 Å². The maximum atomic E-state index is 10.5. The number of aliphatic hydroxyl groups excluding tert-OH is 1. The van der Waals surface area contributed by atoms with Gasteiger partial charge in [-0.3, -0.25) is 0 Å². The molecule has 0 heterocycles. The first kappa shape index (κ1) is 31.1.